The van der Waals surface area contributed by atoms with Crippen molar-refractivity contribution in [1.82, 2.24) is 29.6 Å². The number of piperidine rings is 1. The highest BCUT2D eigenvalue weighted by Crippen LogP contribution is 2.30. The zero-order valence-electron chi connectivity index (χ0n) is 20.1. The van der Waals surface area contributed by atoms with Crippen LogP contribution in [-0.4, -0.2) is 66.4 Å². The van der Waals surface area contributed by atoms with Crippen molar-refractivity contribution in [1.29, 1.82) is 0 Å². The molecule has 0 aliphatic carbocycles. The highest BCUT2D eigenvalue weighted by Gasteiger charge is 2.28. The van der Waals surface area contributed by atoms with E-state index in [1.54, 1.807) is 34.9 Å². The van der Waals surface area contributed by atoms with E-state index in [-0.39, 0.29) is 29.8 Å². The maximum atomic E-state index is 12.9. The molecular formula is C24H30N8O3. The first kappa shape index (κ1) is 24.3. The van der Waals surface area contributed by atoms with Crippen LogP contribution in [0.25, 0.3) is 11.5 Å². The molecule has 1 aliphatic rings. The van der Waals surface area contributed by atoms with Gasteiger partial charge in [0.05, 0.1) is 12.6 Å². The zero-order valence-corrected chi connectivity index (χ0v) is 20.1. The Hall–Kier alpha value is -3.86. The lowest BCUT2D eigenvalue weighted by Crippen LogP contribution is -2.41. The van der Waals surface area contributed by atoms with E-state index in [0.717, 1.165) is 12.8 Å². The van der Waals surface area contributed by atoms with Crippen LogP contribution in [0.5, 0.6) is 0 Å². The van der Waals surface area contributed by atoms with Gasteiger partial charge in [-0.2, -0.15) is 0 Å². The lowest BCUT2D eigenvalue weighted by Gasteiger charge is -2.36. The van der Waals surface area contributed by atoms with E-state index in [2.05, 4.69) is 44.6 Å². The maximum absolute atomic E-state index is 12.9. The third-order valence-corrected chi connectivity index (χ3v) is 6.18. The minimum atomic E-state index is -0.545. The number of carbonyl (C=O) groups excluding carboxylic acids is 2. The molecule has 1 unspecified atom stereocenters. The van der Waals surface area contributed by atoms with E-state index < -0.39 is 6.03 Å². The normalized spacial score (nSPS) is 15.9. The summed E-state index contributed by atoms with van der Waals surface area (Å²) in [5.41, 5.74) is 1.22. The lowest BCUT2D eigenvalue weighted by molar-refractivity contribution is 0.0630. The van der Waals surface area contributed by atoms with Gasteiger partial charge in [0.2, 0.25) is 0 Å². The predicted molar refractivity (Wildman–Crippen MR) is 131 cm³/mol. The number of aromatic nitrogens is 5. The van der Waals surface area contributed by atoms with Crippen LogP contribution in [0.3, 0.4) is 0 Å². The molecule has 1 fully saturated rings. The Labute approximate surface area is 203 Å². The van der Waals surface area contributed by atoms with Crippen molar-refractivity contribution < 1.29 is 14.7 Å². The van der Waals surface area contributed by atoms with Gasteiger partial charge >= 0.3 is 6.03 Å². The summed E-state index contributed by atoms with van der Waals surface area (Å²) in [7, 11) is 0. The van der Waals surface area contributed by atoms with Crippen LogP contribution in [0.4, 0.5) is 16.4 Å². The van der Waals surface area contributed by atoms with Crippen LogP contribution in [0, 0.1) is 5.41 Å². The number of nitrogens with zero attached hydrogens (tertiary/aromatic N) is 6. The number of hydrogen-bond donors (Lipinski definition) is 3. The minimum Gasteiger partial charge on any atom is -0.394 e. The Morgan fingerprint density at radius 3 is 2.63 bits per heavy atom. The Bertz CT molecular complexity index is 1200. The Balaban J connectivity index is 1.41. The SMILES string of the molecule is CC(CO)n1cnnc1-c1cccc(NC(=O)Nc2cc(C(=O)N3CCC(C)(C)CC3)ccn2)n1. The van der Waals surface area contributed by atoms with Gasteiger partial charge in [-0.1, -0.05) is 19.9 Å². The van der Waals surface area contributed by atoms with Gasteiger partial charge in [0.25, 0.3) is 5.91 Å². The molecule has 3 aromatic heterocycles. The Morgan fingerprint density at radius 1 is 1.14 bits per heavy atom. The monoisotopic (exact) mass is 478 g/mol. The molecule has 0 saturated carbocycles. The molecular weight excluding hydrogens is 448 g/mol. The number of anilines is 2. The fraction of sp³-hybridized carbons (Fsp3) is 0.417. The summed E-state index contributed by atoms with van der Waals surface area (Å²) in [4.78, 5) is 35.9. The van der Waals surface area contributed by atoms with Crippen LogP contribution < -0.4 is 10.6 Å². The van der Waals surface area contributed by atoms with E-state index in [1.165, 1.54) is 12.5 Å². The largest absolute Gasteiger partial charge is 0.394 e. The molecule has 11 heteroatoms. The average molecular weight is 479 g/mol. The van der Waals surface area contributed by atoms with E-state index in [4.69, 9.17) is 0 Å². The van der Waals surface area contributed by atoms with Gasteiger partial charge in [0, 0.05) is 24.8 Å². The second kappa shape index (κ2) is 10.2. The number of urea groups is 1. The average Bonchev–Trinajstić information content (AvgIpc) is 3.33. The van der Waals surface area contributed by atoms with Gasteiger partial charge < -0.3 is 14.6 Å². The van der Waals surface area contributed by atoms with Crippen LogP contribution in [0.1, 0.15) is 50.0 Å². The molecule has 1 saturated heterocycles. The fourth-order valence-electron chi connectivity index (χ4n) is 3.86. The van der Waals surface area contributed by atoms with Gasteiger partial charge in [-0.25, -0.2) is 14.8 Å². The highest BCUT2D eigenvalue weighted by atomic mass is 16.3. The van der Waals surface area contributed by atoms with Crippen LogP contribution in [-0.2, 0) is 0 Å². The first-order valence-electron chi connectivity index (χ1n) is 11.6. The summed E-state index contributed by atoms with van der Waals surface area (Å²) in [6.45, 7) is 7.62. The van der Waals surface area contributed by atoms with Crippen LogP contribution in [0.15, 0.2) is 42.9 Å². The van der Waals surface area contributed by atoms with Crippen molar-refractivity contribution in [2.75, 3.05) is 30.3 Å². The van der Waals surface area contributed by atoms with Gasteiger partial charge in [-0.3, -0.25) is 15.4 Å². The van der Waals surface area contributed by atoms with Crippen molar-refractivity contribution in [3.8, 4) is 11.5 Å². The molecule has 1 aliphatic heterocycles. The third kappa shape index (κ3) is 5.80. The van der Waals surface area contributed by atoms with Crippen molar-refractivity contribution in [2.45, 2.75) is 39.7 Å². The van der Waals surface area contributed by atoms with Gasteiger partial charge in [0.1, 0.15) is 23.7 Å². The number of hydrogen-bond acceptors (Lipinski definition) is 7. The smallest absolute Gasteiger partial charge is 0.326 e. The quantitative estimate of drug-likeness (QED) is 0.494. The lowest BCUT2D eigenvalue weighted by atomic mass is 9.82. The van der Waals surface area contributed by atoms with Crippen molar-refractivity contribution >= 4 is 23.6 Å². The molecule has 1 atom stereocenters. The van der Waals surface area contributed by atoms with Crippen LogP contribution in [0.2, 0.25) is 0 Å². The molecule has 0 bridgehead atoms. The topological polar surface area (TPSA) is 138 Å². The summed E-state index contributed by atoms with van der Waals surface area (Å²) in [6.07, 6.45) is 4.94. The van der Waals surface area contributed by atoms with E-state index in [0.29, 0.717) is 36.0 Å². The van der Waals surface area contributed by atoms with Gasteiger partial charge in [-0.15, -0.1) is 10.2 Å². The van der Waals surface area contributed by atoms with Crippen molar-refractivity contribution in [3.05, 3.63) is 48.4 Å². The molecule has 4 rings (SSSR count). The summed E-state index contributed by atoms with van der Waals surface area (Å²) in [6, 6.07) is 7.58. The fourth-order valence-corrected chi connectivity index (χ4v) is 3.86. The standard InChI is InChI=1S/C24H30N8O3/c1-16(14-33)32-15-26-30-21(32)18-5-4-6-19(27-18)28-23(35)29-20-13-17(7-10-25-20)22(34)31-11-8-24(2,3)9-12-31/h4-7,10,13,15-16,33H,8-9,11-12,14H2,1-3H3,(H2,25,27,28,29,35). The van der Waals surface area contributed by atoms with E-state index in [1.807, 2.05) is 11.8 Å². The summed E-state index contributed by atoms with van der Waals surface area (Å²) < 4.78 is 1.71. The predicted octanol–water partition coefficient (Wildman–Crippen LogP) is 3.19. The van der Waals surface area contributed by atoms with Crippen molar-refractivity contribution in [2.24, 2.45) is 5.41 Å². The molecule has 3 amide bonds. The maximum Gasteiger partial charge on any atom is 0.326 e. The minimum absolute atomic E-state index is 0.0676. The Kier molecular flexibility index (Phi) is 7.06. The van der Waals surface area contributed by atoms with Gasteiger partial charge in [-0.05, 0) is 49.4 Å². The molecule has 4 heterocycles. The number of aliphatic hydroxyl groups excluding tert-OH is 1. The number of nitrogens with one attached hydrogen (secondary N) is 2. The molecule has 3 aromatic rings. The molecule has 35 heavy (non-hydrogen) atoms. The molecule has 3 N–H and O–H groups in total. The number of aliphatic hydroxyl groups is 1. The first-order valence-corrected chi connectivity index (χ1v) is 11.6. The van der Waals surface area contributed by atoms with Crippen molar-refractivity contribution in [3.63, 3.8) is 0 Å². The summed E-state index contributed by atoms with van der Waals surface area (Å²) in [5, 5.41) is 22.8. The van der Waals surface area contributed by atoms with Gasteiger partial charge in [0.15, 0.2) is 5.82 Å². The third-order valence-electron chi connectivity index (χ3n) is 6.18. The number of carbonyl (C=O) groups is 2. The first-order chi connectivity index (χ1) is 16.8. The number of pyridine rings is 2. The zero-order chi connectivity index (χ0) is 25.0. The highest BCUT2D eigenvalue weighted by molar-refractivity contribution is 6.00. The van der Waals surface area contributed by atoms with E-state index in [9.17, 15) is 14.7 Å². The molecule has 184 valence electrons. The summed E-state index contributed by atoms with van der Waals surface area (Å²) >= 11 is 0. The molecule has 0 spiro atoms. The number of likely N-dealkylation sites (tertiary alicyclic amines) is 1. The molecule has 11 nitrogen and oxygen atoms in total. The van der Waals surface area contributed by atoms with E-state index >= 15 is 0 Å². The second-order valence-electron chi connectivity index (χ2n) is 9.47. The Morgan fingerprint density at radius 2 is 1.89 bits per heavy atom. The number of rotatable bonds is 6. The molecule has 0 aromatic carbocycles. The molecule has 0 radical (unpaired) electrons. The summed E-state index contributed by atoms with van der Waals surface area (Å²) in [5.74, 6) is 0.972. The second-order valence-corrected chi connectivity index (χ2v) is 9.47. The van der Waals surface area contributed by atoms with Crippen LogP contribution >= 0.6 is 0 Å². The number of amides is 3.